The van der Waals surface area contributed by atoms with Gasteiger partial charge in [0, 0.05) is 0 Å². The Hall–Kier alpha value is -0.640. The van der Waals surface area contributed by atoms with E-state index < -0.39 is 0 Å². The highest BCUT2D eigenvalue weighted by Crippen LogP contribution is 1.86. The van der Waals surface area contributed by atoms with Crippen LogP contribution in [0.3, 0.4) is 0 Å². The van der Waals surface area contributed by atoms with Gasteiger partial charge in [-0.1, -0.05) is 4.80 Å². The molecule has 1 N–H and O–H groups in total. The van der Waals surface area contributed by atoms with Crippen LogP contribution in [-0.2, 0) is 12.9 Å². The van der Waals surface area contributed by atoms with Crippen molar-refractivity contribution < 1.29 is 4.80 Å². The number of rotatable bonds is 1. The zero-order chi connectivity index (χ0) is 5.98. The summed E-state index contributed by atoms with van der Waals surface area (Å²) < 4.78 is 0. The molecule has 4 nitrogen and oxygen atoms in total. The minimum atomic E-state index is 0.358. The zero-order valence-electron chi connectivity index (χ0n) is 4.43. The standard InChI is InChI=1S/C3H5ClN4/c1-8-6-3(2-4)5-7-8/h2H2,1H3/p+1. The van der Waals surface area contributed by atoms with Crippen molar-refractivity contribution >= 4 is 11.6 Å². The van der Waals surface area contributed by atoms with Crippen molar-refractivity contribution in [3.63, 3.8) is 0 Å². The summed E-state index contributed by atoms with van der Waals surface area (Å²) in [6, 6.07) is 0. The first-order valence-corrected chi connectivity index (χ1v) is 2.70. The lowest BCUT2D eigenvalue weighted by molar-refractivity contribution is -0.784. The second-order valence-electron chi connectivity index (χ2n) is 1.39. The third-order valence-electron chi connectivity index (χ3n) is 0.709. The highest BCUT2D eigenvalue weighted by atomic mass is 35.5. The molecule has 0 aliphatic heterocycles. The number of aryl methyl sites for hydroxylation is 1. The van der Waals surface area contributed by atoms with Crippen LogP contribution in [0, 0.1) is 0 Å². The molecule has 0 saturated heterocycles. The predicted octanol–water partition coefficient (Wildman–Crippen LogP) is -0.632. The van der Waals surface area contributed by atoms with E-state index in [-0.39, 0.29) is 0 Å². The summed E-state index contributed by atoms with van der Waals surface area (Å²) in [5, 5.41) is 10.2. The summed E-state index contributed by atoms with van der Waals surface area (Å²) in [4.78, 5) is 1.50. The van der Waals surface area contributed by atoms with Crippen LogP contribution in [0.1, 0.15) is 5.82 Å². The van der Waals surface area contributed by atoms with E-state index in [9.17, 15) is 0 Å². The summed E-state index contributed by atoms with van der Waals surface area (Å²) in [7, 11) is 1.75. The fraction of sp³-hybridized carbons (Fsp3) is 0.667. The first-order valence-electron chi connectivity index (χ1n) is 2.16. The molecule has 0 saturated carbocycles. The van der Waals surface area contributed by atoms with Gasteiger partial charge >= 0.3 is 5.82 Å². The molecule has 0 radical (unpaired) electrons. The summed E-state index contributed by atoms with van der Waals surface area (Å²) in [5.41, 5.74) is 0. The van der Waals surface area contributed by atoms with E-state index in [1.807, 2.05) is 0 Å². The van der Waals surface area contributed by atoms with Crippen molar-refractivity contribution in [2.45, 2.75) is 5.88 Å². The number of aromatic amines is 1. The molecule has 0 bridgehead atoms. The van der Waals surface area contributed by atoms with Gasteiger partial charge < -0.3 is 0 Å². The van der Waals surface area contributed by atoms with Gasteiger partial charge in [-0.3, -0.25) is 0 Å². The van der Waals surface area contributed by atoms with Crippen LogP contribution < -0.4 is 4.80 Å². The van der Waals surface area contributed by atoms with Crippen molar-refractivity contribution in [3.05, 3.63) is 5.82 Å². The fourth-order valence-corrected chi connectivity index (χ4v) is 0.518. The number of tetrazole rings is 1. The maximum absolute atomic E-state index is 5.38. The molecule has 1 rings (SSSR count). The van der Waals surface area contributed by atoms with E-state index in [0.717, 1.165) is 0 Å². The zero-order valence-corrected chi connectivity index (χ0v) is 5.18. The summed E-state index contributed by atoms with van der Waals surface area (Å²) in [6.45, 7) is 0. The minimum Gasteiger partial charge on any atom is -0.115 e. The average molecular weight is 134 g/mol. The Morgan fingerprint density at radius 2 is 2.62 bits per heavy atom. The van der Waals surface area contributed by atoms with Gasteiger partial charge in [0.15, 0.2) is 0 Å². The molecule has 1 heterocycles. The van der Waals surface area contributed by atoms with Gasteiger partial charge in [0.1, 0.15) is 12.9 Å². The van der Waals surface area contributed by atoms with Gasteiger partial charge in [-0.15, -0.1) is 11.6 Å². The van der Waals surface area contributed by atoms with Crippen LogP contribution in [0.5, 0.6) is 0 Å². The fourth-order valence-electron chi connectivity index (χ4n) is 0.405. The molecule has 0 unspecified atom stereocenters. The number of hydrogen-bond acceptors (Lipinski definition) is 2. The van der Waals surface area contributed by atoms with Crippen LogP contribution in [0.2, 0.25) is 0 Å². The molecule has 0 aromatic carbocycles. The number of H-pyrrole nitrogens is 1. The van der Waals surface area contributed by atoms with E-state index in [0.29, 0.717) is 11.7 Å². The molecule has 0 aliphatic carbocycles. The Balaban J connectivity index is 2.84. The smallest absolute Gasteiger partial charge is 0.115 e. The molecule has 5 heteroatoms. The summed E-state index contributed by atoms with van der Waals surface area (Å²) in [6.07, 6.45) is 0. The maximum Gasteiger partial charge on any atom is 0.322 e. The molecule has 0 aliphatic rings. The lowest BCUT2D eigenvalue weighted by atomic mass is 10.8. The second-order valence-corrected chi connectivity index (χ2v) is 1.65. The van der Waals surface area contributed by atoms with Gasteiger partial charge in [-0.05, 0) is 10.3 Å². The van der Waals surface area contributed by atoms with Gasteiger partial charge in [0.2, 0.25) is 0 Å². The van der Waals surface area contributed by atoms with Crippen molar-refractivity contribution in [2.24, 2.45) is 7.05 Å². The summed E-state index contributed by atoms with van der Waals surface area (Å²) >= 11 is 5.38. The number of aromatic nitrogens is 4. The topological polar surface area (TPSA) is 45.5 Å². The van der Waals surface area contributed by atoms with E-state index in [1.54, 1.807) is 7.05 Å². The van der Waals surface area contributed by atoms with Gasteiger partial charge in [-0.25, -0.2) is 0 Å². The van der Waals surface area contributed by atoms with Crippen molar-refractivity contribution in [3.8, 4) is 0 Å². The molecule has 8 heavy (non-hydrogen) atoms. The van der Waals surface area contributed by atoms with E-state index in [1.165, 1.54) is 4.80 Å². The Kier molecular flexibility index (Phi) is 1.43. The number of halogens is 1. The predicted molar refractivity (Wildman–Crippen MR) is 27.1 cm³/mol. The van der Waals surface area contributed by atoms with E-state index in [4.69, 9.17) is 11.6 Å². The quantitative estimate of drug-likeness (QED) is 0.410. The van der Waals surface area contributed by atoms with Crippen LogP contribution in [-0.4, -0.2) is 15.4 Å². The van der Waals surface area contributed by atoms with Crippen LogP contribution in [0.25, 0.3) is 0 Å². The van der Waals surface area contributed by atoms with Gasteiger partial charge in [-0.2, -0.15) is 0 Å². The van der Waals surface area contributed by atoms with Crippen LogP contribution >= 0.6 is 11.6 Å². The first kappa shape index (κ1) is 5.50. The highest BCUT2D eigenvalue weighted by molar-refractivity contribution is 6.16. The van der Waals surface area contributed by atoms with E-state index >= 15 is 0 Å². The Morgan fingerprint density at radius 3 is 2.88 bits per heavy atom. The highest BCUT2D eigenvalue weighted by Gasteiger charge is 2.03. The largest absolute Gasteiger partial charge is 0.322 e. The first-order chi connectivity index (χ1) is 3.83. The molecule has 1 aromatic rings. The van der Waals surface area contributed by atoms with Crippen molar-refractivity contribution in [2.75, 3.05) is 0 Å². The Morgan fingerprint density at radius 1 is 1.88 bits per heavy atom. The number of nitrogens with one attached hydrogen (secondary N) is 1. The minimum absolute atomic E-state index is 0.358. The SMILES string of the molecule is C[n+]1nc(CCl)n[nH]1. The lowest BCUT2D eigenvalue weighted by Crippen LogP contribution is -2.33. The van der Waals surface area contributed by atoms with Crippen LogP contribution in [0.4, 0.5) is 0 Å². The lowest BCUT2D eigenvalue weighted by Gasteiger charge is -1.67. The molecular formula is C3H6ClN4+. The average Bonchev–Trinajstić information content (AvgIpc) is 2.14. The van der Waals surface area contributed by atoms with Crippen molar-refractivity contribution in [1.82, 2.24) is 15.4 Å². The second kappa shape index (κ2) is 2.09. The molecule has 0 spiro atoms. The molecular weight excluding hydrogens is 128 g/mol. The molecule has 0 amide bonds. The number of hydrogen-bond donors (Lipinski definition) is 1. The maximum atomic E-state index is 5.38. The Labute approximate surface area is 51.4 Å². The van der Waals surface area contributed by atoms with Gasteiger partial charge in [0.25, 0.3) is 0 Å². The third-order valence-corrected chi connectivity index (χ3v) is 0.948. The molecule has 44 valence electrons. The van der Waals surface area contributed by atoms with Gasteiger partial charge in [0.05, 0.1) is 5.10 Å². The molecule has 0 fully saturated rings. The molecule has 1 aromatic heterocycles. The summed E-state index contributed by atoms with van der Waals surface area (Å²) in [5.74, 6) is 0.978. The molecule has 0 atom stereocenters. The normalized spacial score (nSPS) is 9.75. The van der Waals surface area contributed by atoms with Crippen molar-refractivity contribution in [1.29, 1.82) is 0 Å². The monoisotopic (exact) mass is 133 g/mol. The Bertz CT molecular complexity index is 172. The van der Waals surface area contributed by atoms with Crippen LogP contribution in [0.15, 0.2) is 0 Å². The van der Waals surface area contributed by atoms with E-state index in [2.05, 4.69) is 15.4 Å². The number of nitrogens with zero attached hydrogens (tertiary/aromatic N) is 3. The number of alkyl halides is 1. The third kappa shape index (κ3) is 0.949.